The fraction of sp³-hybridized carbons (Fsp3) is 0.263. The smallest absolute Gasteiger partial charge is 0.255 e. The van der Waals surface area contributed by atoms with Gasteiger partial charge in [0.1, 0.15) is 17.4 Å². The summed E-state index contributed by atoms with van der Waals surface area (Å²) in [5.74, 6) is -0.561. The molecule has 0 saturated carbocycles. The number of guanidine groups is 1. The largest absolute Gasteiger partial charge is 0.484 e. The first-order valence-electron chi connectivity index (χ1n) is 8.44. The van der Waals surface area contributed by atoms with Gasteiger partial charge in [-0.2, -0.15) is 0 Å². The summed E-state index contributed by atoms with van der Waals surface area (Å²) >= 11 is 0. The second kappa shape index (κ2) is 10.1. The first-order valence-corrected chi connectivity index (χ1v) is 8.44. The van der Waals surface area contributed by atoms with Crippen molar-refractivity contribution < 1.29 is 18.3 Å². The number of halogens is 2. The minimum atomic E-state index is -0.554. The first-order chi connectivity index (χ1) is 13.0. The Bertz CT molecular complexity index is 812. The van der Waals surface area contributed by atoms with Gasteiger partial charge >= 0.3 is 0 Å². The number of aliphatic imine (C=N–C) groups is 1. The molecule has 4 N–H and O–H groups in total. The molecule has 0 bridgehead atoms. The molecule has 0 unspecified atom stereocenters. The summed E-state index contributed by atoms with van der Waals surface area (Å²) in [6.07, 6.45) is 0. The zero-order chi connectivity index (χ0) is 19.6. The van der Waals surface area contributed by atoms with Crippen molar-refractivity contribution in [2.45, 2.75) is 20.0 Å². The van der Waals surface area contributed by atoms with Gasteiger partial charge < -0.3 is 21.1 Å². The van der Waals surface area contributed by atoms with Crippen LogP contribution in [0, 0.1) is 11.6 Å². The summed E-state index contributed by atoms with van der Waals surface area (Å²) in [7, 11) is 0. The average molecular weight is 376 g/mol. The topological polar surface area (TPSA) is 88.7 Å². The van der Waals surface area contributed by atoms with E-state index in [1.807, 2.05) is 13.0 Å². The Morgan fingerprint density at radius 1 is 1.19 bits per heavy atom. The van der Waals surface area contributed by atoms with Crippen LogP contribution >= 0.6 is 0 Å². The van der Waals surface area contributed by atoms with E-state index in [2.05, 4.69) is 15.6 Å². The van der Waals surface area contributed by atoms with E-state index in [0.29, 0.717) is 24.8 Å². The predicted molar refractivity (Wildman–Crippen MR) is 99.1 cm³/mol. The Balaban J connectivity index is 2.01. The maximum atomic E-state index is 13.7. The molecule has 144 valence electrons. The third kappa shape index (κ3) is 6.93. The predicted octanol–water partition coefficient (Wildman–Crippen LogP) is 2.08. The van der Waals surface area contributed by atoms with Crippen LogP contribution in [-0.4, -0.2) is 25.0 Å². The van der Waals surface area contributed by atoms with Crippen molar-refractivity contribution in [2.75, 3.05) is 13.2 Å². The average Bonchev–Trinajstić information content (AvgIpc) is 2.65. The number of primary amides is 1. The van der Waals surface area contributed by atoms with Gasteiger partial charge in [-0.25, -0.2) is 13.8 Å². The van der Waals surface area contributed by atoms with Crippen LogP contribution in [0.2, 0.25) is 0 Å². The normalized spacial score (nSPS) is 11.1. The van der Waals surface area contributed by atoms with Crippen molar-refractivity contribution in [3.05, 3.63) is 65.2 Å². The molecule has 0 aliphatic rings. The zero-order valence-corrected chi connectivity index (χ0v) is 15.0. The number of hydrogen-bond donors (Lipinski definition) is 3. The van der Waals surface area contributed by atoms with Gasteiger partial charge in [-0.3, -0.25) is 4.79 Å². The third-order valence-electron chi connectivity index (χ3n) is 3.50. The minimum absolute atomic E-state index is 0.0944. The van der Waals surface area contributed by atoms with Gasteiger partial charge in [0.2, 0.25) is 0 Å². The Morgan fingerprint density at radius 3 is 2.74 bits per heavy atom. The van der Waals surface area contributed by atoms with Gasteiger partial charge in [0, 0.05) is 18.7 Å². The third-order valence-corrected chi connectivity index (χ3v) is 3.50. The van der Waals surface area contributed by atoms with E-state index >= 15 is 0 Å². The quantitative estimate of drug-likeness (QED) is 0.486. The number of amides is 1. The Hall–Kier alpha value is -3.16. The number of carbonyl (C=O) groups is 1. The molecular formula is C19H22F2N4O2. The number of nitrogens with two attached hydrogens (primary N) is 1. The van der Waals surface area contributed by atoms with Crippen LogP contribution in [0.3, 0.4) is 0 Å². The van der Waals surface area contributed by atoms with Gasteiger partial charge in [-0.1, -0.05) is 12.1 Å². The van der Waals surface area contributed by atoms with Crippen LogP contribution in [0.5, 0.6) is 5.75 Å². The lowest BCUT2D eigenvalue weighted by atomic mass is 10.2. The fourth-order valence-corrected chi connectivity index (χ4v) is 2.26. The molecule has 2 rings (SSSR count). The molecular weight excluding hydrogens is 354 g/mol. The van der Waals surface area contributed by atoms with Crippen molar-refractivity contribution in [1.29, 1.82) is 0 Å². The van der Waals surface area contributed by atoms with Crippen molar-refractivity contribution in [2.24, 2.45) is 10.7 Å². The molecule has 1 amide bonds. The van der Waals surface area contributed by atoms with E-state index in [4.69, 9.17) is 10.5 Å². The van der Waals surface area contributed by atoms with Crippen LogP contribution in [0.25, 0.3) is 0 Å². The summed E-state index contributed by atoms with van der Waals surface area (Å²) in [4.78, 5) is 15.2. The molecule has 0 fully saturated rings. The number of hydrogen-bond acceptors (Lipinski definition) is 3. The lowest BCUT2D eigenvalue weighted by molar-refractivity contribution is -0.119. The van der Waals surface area contributed by atoms with E-state index in [1.54, 1.807) is 18.2 Å². The van der Waals surface area contributed by atoms with Gasteiger partial charge in [0.15, 0.2) is 12.6 Å². The zero-order valence-electron chi connectivity index (χ0n) is 15.0. The van der Waals surface area contributed by atoms with E-state index < -0.39 is 17.5 Å². The van der Waals surface area contributed by atoms with Crippen LogP contribution in [0.1, 0.15) is 18.1 Å². The SMILES string of the molecule is CCNC(=NCc1cccc(OCC(N)=O)c1)NCc1cc(F)ccc1F. The molecule has 0 spiro atoms. The second-order valence-electron chi connectivity index (χ2n) is 5.69. The molecule has 0 radical (unpaired) electrons. The number of benzene rings is 2. The summed E-state index contributed by atoms with van der Waals surface area (Å²) in [5.41, 5.74) is 6.12. The Kier molecular flexibility index (Phi) is 7.54. The molecule has 0 aliphatic heterocycles. The van der Waals surface area contributed by atoms with Crippen LogP contribution in [0.15, 0.2) is 47.5 Å². The highest BCUT2D eigenvalue weighted by atomic mass is 19.1. The highest BCUT2D eigenvalue weighted by Crippen LogP contribution is 2.14. The van der Waals surface area contributed by atoms with Crippen molar-refractivity contribution in [3.8, 4) is 5.75 Å². The monoisotopic (exact) mass is 376 g/mol. The van der Waals surface area contributed by atoms with E-state index in [1.165, 1.54) is 0 Å². The number of nitrogens with one attached hydrogen (secondary N) is 2. The molecule has 8 heteroatoms. The van der Waals surface area contributed by atoms with Gasteiger partial charge in [0.25, 0.3) is 5.91 Å². The number of rotatable bonds is 8. The summed E-state index contributed by atoms with van der Waals surface area (Å²) < 4.78 is 32.2. The Labute approximate surface area is 156 Å². The number of ether oxygens (including phenoxy) is 1. The molecule has 0 saturated heterocycles. The number of carbonyl (C=O) groups excluding carboxylic acids is 1. The van der Waals surface area contributed by atoms with Crippen LogP contribution in [-0.2, 0) is 17.9 Å². The molecule has 0 atom stereocenters. The number of nitrogens with zero attached hydrogens (tertiary/aromatic N) is 1. The summed E-state index contributed by atoms with van der Waals surface area (Å²) in [6, 6.07) is 10.4. The maximum Gasteiger partial charge on any atom is 0.255 e. The summed E-state index contributed by atoms with van der Waals surface area (Å²) in [6.45, 7) is 2.74. The molecule has 6 nitrogen and oxygen atoms in total. The van der Waals surface area contributed by atoms with E-state index in [-0.39, 0.29) is 18.7 Å². The molecule has 27 heavy (non-hydrogen) atoms. The Morgan fingerprint density at radius 2 is 2.00 bits per heavy atom. The highest BCUT2D eigenvalue weighted by Gasteiger charge is 2.06. The van der Waals surface area contributed by atoms with Crippen molar-refractivity contribution in [1.82, 2.24) is 10.6 Å². The molecule has 2 aromatic rings. The van der Waals surface area contributed by atoms with E-state index in [9.17, 15) is 13.6 Å². The van der Waals surface area contributed by atoms with Crippen molar-refractivity contribution >= 4 is 11.9 Å². The van der Waals surface area contributed by atoms with Crippen LogP contribution in [0.4, 0.5) is 8.78 Å². The van der Waals surface area contributed by atoms with Gasteiger partial charge in [-0.15, -0.1) is 0 Å². The summed E-state index contributed by atoms with van der Waals surface area (Å²) in [5, 5.41) is 6.01. The lowest BCUT2D eigenvalue weighted by Crippen LogP contribution is -2.37. The molecule has 0 aliphatic carbocycles. The molecule has 0 heterocycles. The highest BCUT2D eigenvalue weighted by molar-refractivity contribution is 5.79. The van der Waals surface area contributed by atoms with E-state index in [0.717, 1.165) is 23.8 Å². The van der Waals surface area contributed by atoms with Gasteiger partial charge in [-0.05, 0) is 42.8 Å². The maximum absolute atomic E-state index is 13.7. The van der Waals surface area contributed by atoms with Crippen LogP contribution < -0.4 is 21.1 Å². The minimum Gasteiger partial charge on any atom is -0.484 e. The second-order valence-corrected chi connectivity index (χ2v) is 5.69. The first kappa shape index (κ1) is 20.2. The molecule has 0 aromatic heterocycles. The van der Waals surface area contributed by atoms with Gasteiger partial charge in [0.05, 0.1) is 6.54 Å². The fourth-order valence-electron chi connectivity index (χ4n) is 2.26. The van der Waals surface area contributed by atoms with Crippen molar-refractivity contribution in [3.63, 3.8) is 0 Å². The standard InChI is InChI=1S/C19H22F2N4O2/c1-2-23-19(25-11-14-9-15(20)6-7-17(14)21)24-10-13-4-3-5-16(8-13)27-12-18(22)26/h3-9H,2,10-12H2,1H3,(H2,22,26)(H2,23,24,25). The lowest BCUT2D eigenvalue weighted by Gasteiger charge is -2.12. The molecule has 2 aromatic carbocycles.